The van der Waals surface area contributed by atoms with Crippen LogP contribution in [0.25, 0.3) is 0 Å². The standard InChI is InChI=1S/C19H27N7O3.C2HF3O2/c1-13-10-14(2)23-17(22-13)26-7-3-4-19(12-26)11-15(24-29-19)16(27)20-5-8-25-9-6-21-18(25)28;3-2(4,5)1(6)7/h10H,3-9,11-12H2,1-2H3,(H,20,27)(H,21,28);(H,6,7). The number of carboxylic acid groups (broad SMARTS) is 1. The maximum absolute atomic E-state index is 12.5. The van der Waals surface area contributed by atoms with E-state index in [9.17, 15) is 22.8 Å². The predicted octanol–water partition coefficient (Wildman–Crippen LogP) is 0.983. The highest BCUT2D eigenvalue weighted by molar-refractivity contribution is 6.39. The van der Waals surface area contributed by atoms with E-state index in [0.29, 0.717) is 50.8 Å². The Morgan fingerprint density at radius 3 is 2.50 bits per heavy atom. The molecule has 1 aromatic rings. The molecule has 1 unspecified atom stereocenters. The van der Waals surface area contributed by atoms with Crippen molar-refractivity contribution in [3.05, 3.63) is 17.5 Å². The molecule has 198 valence electrons. The summed E-state index contributed by atoms with van der Waals surface area (Å²) in [4.78, 5) is 51.6. The molecule has 4 rings (SSSR count). The first-order chi connectivity index (χ1) is 16.9. The number of hydrogen-bond acceptors (Lipinski definition) is 8. The molecule has 1 aromatic heterocycles. The van der Waals surface area contributed by atoms with Gasteiger partial charge in [-0.05, 0) is 32.8 Å². The van der Waals surface area contributed by atoms with Crippen molar-refractivity contribution < 1.29 is 37.5 Å². The fourth-order valence-corrected chi connectivity index (χ4v) is 4.11. The van der Waals surface area contributed by atoms with Gasteiger partial charge >= 0.3 is 18.2 Å². The van der Waals surface area contributed by atoms with Crippen molar-refractivity contribution in [3.63, 3.8) is 0 Å². The molecule has 2 saturated heterocycles. The highest BCUT2D eigenvalue weighted by Crippen LogP contribution is 2.34. The van der Waals surface area contributed by atoms with Crippen molar-refractivity contribution in [1.82, 2.24) is 25.5 Å². The number of carboxylic acids is 1. The van der Waals surface area contributed by atoms with Crippen LogP contribution in [-0.2, 0) is 14.4 Å². The van der Waals surface area contributed by atoms with Gasteiger partial charge in [0, 0.05) is 50.5 Å². The van der Waals surface area contributed by atoms with E-state index in [1.54, 1.807) is 4.90 Å². The van der Waals surface area contributed by atoms with Crippen molar-refractivity contribution in [2.24, 2.45) is 5.16 Å². The maximum Gasteiger partial charge on any atom is 0.490 e. The number of rotatable bonds is 5. The van der Waals surface area contributed by atoms with Crippen LogP contribution >= 0.6 is 0 Å². The lowest BCUT2D eigenvalue weighted by Gasteiger charge is -2.38. The van der Waals surface area contributed by atoms with Crippen molar-refractivity contribution in [3.8, 4) is 0 Å². The summed E-state index contributed by atoms with van der Waals surface area (Å²) in [6, 6.07) is 1.86. The second-order valence-electron chi connectivity index (χ2n) is 8.74. The van der Waals surface area contributed by atoms with Crippen LogP contribution in [0, 0.1) is 13.8 Å². The van der Waals surface area contributed by atoms with Gasteiger partial charge in [-0.3, -0.25) is 4.79 Å². The van der Waals surface area contributed by atoms with Crippen LogP contribution in [0.3, 0.4) is 0 Å². The van der Waals surface area contributed by atoms with Crippen LogP contribution in [0.2, 0.25) is 0 Å². The Morgan fingerprint density at radius 1 is 1.25 bits per heavy atom. The third-order valence-electron chi connectivity index (χ3n) is 5.75. The second kappa shape index (κ2) is 11.0. The van der Waals surface area contributed by atoms with E-state index in [1.165, 1.54) is 0 Å². The minimum absolute atomic E-state index is 0.0874. The molecule has 2 fully saturated rings. The number of oxime groups is 1. The fourth-order valence-electron chi connectivity index (χ4n) is 4.11. The van der Waals surface area contributed by atoms with Gasteiger partial charge in [-0.15, -0.1) is 0 Å². The third kappa shape index (κ3) is 6.95. The van der Waals surface area contributed by atoms with Gasteiger partial charge in [-0.25, -0.2) is 19.6 Å². The highest BCUT2D eigenvalue weighted by Gasteiger charge is 2.45. The minimum atomic E-state index is -5.08. The Kier molecular flexibility index (Phi) is 8.20. The van der Waals surface area contributed by atoms with E-state index in [0.717, 1.165) is 30.8 Å². The summed E-state index contributed by atoms with van der Waals surface area (Å²) >= 11 is 0. The average Bonchev–Trinajstić information content (AvgIpc) is 3.39. The molecule has 1 atom stereocenters. The van der Waals surface area contributed by atoms with E-state index >= 15 is 0 Å². The lowest BCUT2D eigenvalue weighted by molar-refractivity contribution is -0.192. The van der Waals surface area contributed by atoms with E-state index in [2.05, 4.69) is 30.7 Å². The van der Waals surface area contributed by atoms with Gasteiger partial charge in [-0.2, -0.15) is 13.2 Å². The number of carbonyl (C=O) groups is 3. The minimum Gasteiger partial charge on any atom is -0.475 e. The van der Waals surface area contributed by atoms with Crippen molar-refractivity contribution in [1.29, 1.82) is 0 Å². The number of alkyl halides is 3. The number of hydrogen-bond donors (Lipinski definition) is 3. The van der Waals surface area contributed by atoms with E-state index in [4.69, 9.17) is 14.7 Å². The van der Waals surface area contributed by atoms with Crippen LogP contribution in [0.15, 0.2) is 11.2 Å². The highest BCUT2D eigenvalue weighted by atomic mass is 19.4. The van der Waals surface area contributed by atoms with E-state index in [1.807, 2.05) is 19.9 Å². The number of nitrogens with zero attached hydrogens (tertiary/aromatic N) is 5. The molecule has 36 heavy (non-hydrogen) atoms. The number of urea groups is 1. The first kappa shape index (κ1) is 26.9. The summed E-state index contributed by atoms with van der Waals surface area (Å²) in [5.74, 6) is -2.29. The summed E-state index contributed by atoms with van der Waals surface area (Å²) in [5.41, 5.74) is 1.75. The van der Waals surface area contributed by atoms with Gasteiger partial charge in [0.2, 0.25) is 5.95 Å². The predicted molar refractivity (Wildman–Crippen MR) is 120 cm³/mol. The zero-order valence-electron chi connectivity index (χ0n) is 19.9. The SMILES string of the molecule is Cc1cc(C)nc(N2CCCC3(CC(C(=O)NCCN4CCNC4=O)=NO3)C2)n1.O=C(O)C(F)(F)F. The maximum atomic E-state index is 12.5. The molecular formula is C21H28F3N7O5. The molecule has 0 saturated carbocycles. The van der Waals surface area contributed by atoms with E-state index in [-0.39, 0.29) is 11.9 Å². The number of carbonyl (C=O) groups excluding carboxylic acids is 2. The number of piperidine rings is 1. The molecule has 3 amide bonds. The number of aliphatic carboxylic acids is 1. The number of halogens is 3. The summed E-state index contributed by atoms with van der Waals surface area (Å²) in [5, 5.41) is 16.8. The van der Waals surface area contributed by atoms with Crippen LogP contribution in [-0.4, -0.2) is 94.6 Å². The number of aryl methyl sites for hydroxylation is 2. The number of amides is 3. The Morgan fingerprint density at radius 2 is 1.92 bits per heavy atom. The summed E-state index contributed by atoms with van der Waals surface area (Å²) in [6.45, 7) is 7.56. The topological polar surface area (TPSA) is 149 Å². The summed E-state index contributed by atoms with van der Waals surface area (Å²) < 4.78 is 31.7. The molecule has 3 aliphatic rings. The van der Waals surface area contributed by atoms with Gasteiger partial charge in [0.1, 0.15) is 5.71 Å². The molecule has 15 heteroatoms. The fraction of sp³-hybridized carbons (Fsp3) is 0.619. The largest absolute Gasteiger partial charge is 0.490 e. The van der Waals surface area contributed by atoms with Gasteiger partial charge in [0.25, 0.3) is 5.91 Å². The molecular weight excluding hydrogens is 487 g/mol. The van der Waals surface area contributed by atoms with Gasteiger partial charge < -0.3 is 30.4 Å². The Balaban J connectivity index is 0.000000454. The Labute approximate surface area is 204 Å². The molecule has 1 spiro atoms. The lowest BCUT2D eigenvalue weighted by Crippen LogP contribution is -2.49. The quantitative estimate of drug-likeness (QED) is 0.526. The van der Waals surface area contributed by atoms with Gasteiger partial charge in [0.15, 0.2) is 5.60 Å². The van der Waals surface area contributed by atoms with Gasteiger partial charge in [0.05, 0.1) is 6.54 Å². The van der Waals surface area contributed by atoms with Crippen LogP contribution in [0.4, 0.5) is 23.9 Å². The second-order valence-corrected chi connectivity index (χ2v) is 8.74. The van der Waals surface area contributed by atoms with Crippen molar-refractivity contribution in [2.75, 3.05) is 44.2 Å². The van der Waals surface area contributed by atoms with Crippen LogP contribution in [0.5, 0.6) is 0 Å². The Bertz CT molecular complexity index is 1020. The van der Waals surface area contributed by atoms with Gasteiger partial charge in [-0.1, -0.05) is 5.16 Å². The average molecular weight is 515 g/mol. The molecule has 0 aliphatic carbocycles. The zero-order chi connectivity index (χ0) is 26.5. The van der Waals surface area contributed by atoms with Crippen molar-refractivity contribution in [2.45, 2.75) is 44.9 Å². The first-order valence-electron chi connectivity index (χ1n) is 11.3. The molecule has 0 radical (unpaired) electrons. The molecule has 0 bridgehead atoms. The molecule has 4 heterocycles. The number of aromatic nitrogens is 2. The molecule has 3 aliphatic heterocycles. The van der Waals surface area contributed by atoms with Crippen LogP contribution in [0.1, 0.15) is 30.7 Å². The van der Waals surface area contributed by atoms with Crippen molar-refractivity contribution >= 4 is 29.6 Å². The summed E-state index contributed by atoms with van der Waals surface area (Å²) in [7, 11) is 0. The Hall–Kier alpha value is -3.65. The normalized spacial score (nSPS) is 21.4. The smallest absolute Gasteiger partial charge is 0.475 e. The number of nitrogens with one attached hydrogen (secondary N) is 2. The lowest BCUT2D eigenvalue weighted by atomic mass is 9.88. The molecule has 3 N–H and O–H groups in total. The first-order valence-corrected chi connectivity index (χ1v) is 11.3. The van der Waals surface area contributed by atoms with E-state index < -0.39 is 17.7 Å². The third-order valence-corrected chi connectivity index (χ3v) is 5.75. The zero-order valence-corrected chi connectivity index (χ0v) is 19.9. The number of anilines is 1. The molecule has 0 aromatic carbocycles. The summed E-state index contributed by atoms with van der Waals surface area (Å²) in [6.07, 6.45) is -2.86. The van der Waals surface area contributed by atoms with Crippen LogP contribution < -0.4 is 15.5 Å². The molecule has 12 nitrogen and oxygen atoms in total. The monoisotopic (exact) mass is 515 g/mol.